The molecule has 2 saturated heterocycles. The van der Waals surface area contributed by atoms with Crippen molar-refractivity contribution in [1.82, 2.24) is 19.7 Å². The summed E-state index contributed by atoms with van der Waals surface area (Å²) in [5.41, 5.74) is 3.48. The molecule has 0 aliphatic carbocycles. The van der Waals surface area contributed by atoms with Crippen molar-refractivity contribution < 1.29 is 29.0 Å². The molecule has 2 N–H and O–H groups in total. The number of benzene rings is 2. The number of aliphatic carboxylic acids is 1. The summed E-state index contributed by atoms with van der Waals surface area (Å²) >= 11 is 13.7. The Hall–Kier alpha value is -4.19. The van der Waals surface area contributed by atoms with Gasteiger partial charge in [-0.1, -0.05) is 53.5 Å². The fraction of sp³-hybridized carbons (Fsp3) is 0.300. The minimum atomic E-state index is -1.08. The van der Waals surface area contributed by atoms with Crippen molar-refractivity contribution in [2.24, 2.45) is 11.8 Å². The summed E-state index contributed by atoms with van der Waals surface area (Å²) in [7, 11) is 4.42. The molecule has 3 heterocycles. The fourth-order valence-electron chi connectivity index (χ4n) is 5.22. The number of nitrogens with zero attached hydrogens (tertiary/aromatic N) is 4. The molecule has 0 saturated carbocycles. The molecular weight excluding hydrogens is 597 g/mol. The Labute approximate surface area is 257 Å². The summed E-state index contributed by atoms with van der Waals surface area (Å²) in [6.07, 6.45) is 1.70. The molecule has 4 amide bonds. The molecule has 3 aromatic rings. The normalized spacial score (nSPS) is 17.6. The molecule has 1 aromatic heterocycles. The van der Waals surface area contributed by atoms with Crippen LogP contribution in [-0.2, 0) is 20.9 Å². The van der Waals surface area contributed by atoms with Crippen molar-refractivity contribution in [3.63, 3.8) is 0 Å². The number of hydrogen-bond donors (Lipinski definition) is 2. The lowest BCUT2D eigenvalue weighted by Gasteiger charge is -2.36. The highest BCUT2D eigenvalue weighted by Gasteiger charge is 2.39. The van der Waals surface area contributed by atoms with Crippen molar-refractivity contribution in [2.45, 2.75) is 6.54 Å². The Morgan fingerprint density at radius 3 is 2.35 bits per heavy atom. The number of nitrogens with one attached hydrogen (secondary N) is 1. The van der Waals surface area contributed by atoms with E-state index in [2.05, 4.69) is 10.3 Å². The van der Waals surface area contributed by atoms with Crippen LogP contribution in [0, 0.1) is 11.8 Å². The molecule has 224 valence electrons. The van der Waals surface area contributed by atoms with Crippen LogP contribution in [0.25, 0.3) is 22.4 Å². The molecule has 0 bridgehead atoms. The van der Waals surface area contributed by atoms with E-state index in [1.165, 1.54) is 19.0 Å². The average molecular weight is 626 g/mol. The second-order valence-electron chi connectivity index (χ2n) is 10.5. The Morgan fingerprint density at radius 1 is 1.02 bits per heavy atom. The maximum absolute atomic E-state index is 13.1. The van der Waals surface area contributed by atoms with Gasteiger partial charge in [-0.2, -0.15) is 0 Å². The Balaban J connectivity index is 1.39. The smallest absolute Gasteiger partial charge is 0.326 e. The van der Waals surface area contributed by atoms with Gasteiger partial charge in [0.05, 0.1) is 34.5 Å². The van der Waals surface area contributed by atoms with Gasteiger partial charge in [0.15, 0.2) is 0 Å². The van der Waals surface area contributed by atoms with Crippen LogP contribution in [0.4, 0.5) is 10.5 Å². The van der Waals surface area contributed by atoms with Crippen LogP contribution < -0.4 is 10.1 Å². The number of halogens is 2. The number of urea groups is 1. The standard InChI is InChI=1S/C30H29Cl2N5O6/c1-35-15-21(28(39)36(2)30(35)42)27(38)34-22-9-5-7-19(26(22)32)18-6-4-8-20(25(18)31)23-10-24(43-3)16(11-33-23)12-37-13-17(14-37)29(40)41/h4-11,17,21H,12-15H2,1-3H3,(H,34,38)(H,40,41). The molecule has 2 aromatic carbocycles. The van der Waals surface area contributed by atoms with E-state index < -0.39 is 29.7 Å². The predicted octanol–water partition coefficient (Wildman–Crippen LogP) is 4.33. The molecule has 1 unspecified atom stereocenters. The van der Waals surface area contributed by atoms with Crippen LogP contribution in [0.1, 0.15) is 5.56 Å². The molecule has 43 heavy (non-hydrogen) atoms. The Bertz CT molecular complexity index is 1630. The third-order valence-electron chi connectivity index (χ3n) is 7.70. The number of methoxy groups -OCH3 is 1. The van der Waals surface area contributed by atoms with E-state index in [0.717, 1.165) is 10.5 Å². The van der Waals surface area contributed by atoms with Crippen molar-refractivity contribution in [3.05, 3.63) is 64.3 Å². The minimum absolute atomic E-state index is 0.0465. The van der Waals surface area contributed by atoms with Gasteiger partial charge in [0, 0.05) is 74.8 Å². The zero-order valence-electron chi connectivity index (χ0n) is 23.6. The van der Waals surface area contributed by atoms with E-state index in [1.54, 1.807) is 43.6 Å². The largest absolute Gasteiger partial charge is 0.496 e. The van der Waals surface area contributed by atoms with Crippen LogP contribution >= 0.6 is 23.2 Å². The molecule has 0 spiro atoms. The van der Waals surface area contributed by atoms with Gasteiger partial charge >= 0.3 is 12.0 Å². The zero-order chi connectivity index (χ0) is 31.0. The number of imide groups is 1. The van der Waals surface area contributed by atoms with Gasteiger partial charge in [-0.3, -0.25) is 29.2 Å². The average Bonchev–Trinajstić information content (AvgIpc) is 2.96. The number of likely N-dealkylation sites (tertiary alicyclic amines) is 1. The van der Waals surface area contributed by atoms with Crippen LogP contribution in [0.3, 0.4) is 0 Å². The van der Waals surface area contributed by atoms with E-state index in [-0.39, 0.29) is 17.5 Å². The monoisotopic (exact) mass is 625 g/mol. The topological polar surface area (TPSA) is 132 Å². The number of carboxylic acid groups (broad SMARTS) is 1. The molecule has 13 heteroatoms. The lowest BCUT2D eigenvalue weighted by Crippen LogP contribution is -2.56. The van der Waals surface area contributed by atoms with Crippen molar-refractivity contribution in [1.29, 1.82) is 0 Å². The number of ether oxygens (including phenoxy) is 1. The van der Waals surface area contributed by atoms with E-state index >= 15 is 0 Å². The number of aromatic nitrogens is 1. The number of carboxylic acids is 1. The third-order valence-corrected chi connectivity index (χ3v) is 8.51. The first-order chi connectivity index (χ1) is 20.5. The predicted molar refractivity (Wildman–Crippen MR) is 161 cm³/mol. The van der Waals surface area contributed by atoms with E-state index in [1.807, 2.05) is 17.0 Å². The van der Waals surface area contributed by atoms with Crippen LogP contribution in [0.5, 0.6) is 5.75 Å². The van der Waals surface area contributed by atoms with E-state index in [9.17, 15) is 19.2 Å². The van der Waals surface area contributed by atoms with Crippen LogP contribution in [0.2, 0.25) is 10.0 Å². The summed E-state index contributed by atoms with van der Waals surface area (Å²) in [6, 6.07) is 11.8. The number of carbonyl (C=O) groups is 4. The van der Waals surface area contributed by atoms with E-state index in [0.29, 0.717) is 58.5 Å². The second-order valence-corrected chi connectivity index (χ2v) is 11.3. The first-order valence-electron chi connectivity index (χ1n) is 13.4. The molecule has 1 atom stereocenters. The van der Waals surface area contributed by atoms with Crippen LogP contribution in [0.15, 0.2) is 48.7 Å². The highest BCUT2D eigenvalue weighted by molar-refractivity contribution is 6.39. The minimum Gasteiger partial charge on any atom is -0.496 e. The molecule has 2 aliphatic rings. The lowest BCUT2D eigenvalue weighted by molar-refractivity contribution is -0.148. The van der Waals surface area contributed by atoms with Gasteiger partial charge in [0.2, 0.25) is 11.8 Å². The molecule has 2 aliphatic heterocycles. The van der Waals surface area contributed by atoms with Gasteiger partial charge < -0.3 is 20.1 Å². The van der Waals surface area contributed by atoms with Crippen molar-refractivity contribution in [2.75, 3.05) is 46.2 Å². The highest BCUT2D eigenvalue weighted by atomic mass is 35.5. The van der Waals surface area contributed by atoms with Gasteiger partial charge in [-0.15, -0.1) is 0 Å². The Kier molecular flexibility index (Phi) is 8.59. The van der Waals surface area contributed by atoms with Gasteiger partial charge in [0.25, 0.3) is 0 Å². The first kappa shape index (κ1) is 30.3. The van der Waals surface area contributed by atoms with E-state index in [4.69, 9.17) is 33.0 Å². The highest BCUT2D eigenvalue weighted by Crippen LogP contribution is 2.42. The number of rotatable bonds is 8. The fourth-order valence-corrected chi connectivity index (χ4v) is 5.82. The zero-order valence-corrected chi connectivity index (χ0v) is 25.1. The van der Waals surface area contributed by atoms with Gasteiger partial charge in [0.1, 0.15) is 11.7 Å². The number of amides is 4. The first-order valence-corrected chi connectivity index (χ1v) is 14.1. The SMILES string of the molecule is COc1cc(-c2cccc(-c3cccc(NC(=O)C4CN(C)C(=O)N(C)C4=O)c3Cl)c2Cl)ncc1CN1CC(C(=O)O)C1. The van der Waals surface area contributed by atoms with Crippen molar-refractivity contribution in [3.8, 4) is 28.1 Å². The summed E-state index contributed by atoms with van der Waals surface area (Å²) < 4.78 is 5.62. The second kappa shape index (κ2) is 12.2. The van der Waals surface area contributed by atoms with Gasteiger partial charge in [-0.25, -0.2) is 4.79 Å². The maximum Gasteiger partial charge on any atom is 0.326 e. The number of anilines is 1. The summed E-state index contributed by atoms with van der Waals surface area (Å²) in [5, 5.41) is 12.5. The van der Waals surface area contributed by atoms with Crippen LogP contribution in [-0.4, -0.2) is 89.4 Å². The van der Waals surface area contributed by atoms with Crippen molar-refractivity contribution >= 4 is 52.7 Å². The maximum atomic E-state index is 13.1. The molecule has 11 nitrogen and oxygen atoms in total. The molecule has 5 rings (SSSR count). The summed E-state index contributed by atoms with van der Waals surface area (Å²) in [4.78, 5) is 57.7. The lowest BCUT2D eigenvalue weighted by atomic mass is 9.98. The Morgan fingerprint density at radius 2 is 1.67 bits per heavy atom. The number of hydrogen-bond acceptors (Lipinski definition) is 7. The third kappa shape index (κ3) is 5.88. The number of pyridine rings is 1. The quantitative estimate of drug-likeness (QED) is 0.354. The molecule has 2 fully saturated rings. The summed E-state index contributed by atoms with van der Waals surface area (Å²) in [6.45, 7) is 1.41. The van der Waals surface area contributed by atoms with Gasteiger partial charge in [-0.05, 0) is 6.07 Å². The molecular formula is C30H29Cl2N5O6. The number of carbonyl (C=O) groups excluding carboxylic acids is 3. The molecule has 0 radical (unpaired) electrons. The summed E-state index contributed by atoms with van der Waals surface area (Å²) in [5.74, 6) is -2.81.